The van der Waals surface area contributed by atoms with Gasteiger partial charge in [0, 0.05) is 5.56 Å². The Balaban J connectivity index is 1.84. The third-order valence-electron chi connectivity index (χ3n) is 2.50. The summed E-state index contributed by atoms with van der Waals surface area (Å²) in [6.45, 7) is 0.604. The summed E-state index contributed by atoms with van der Waals surface area (Å²) in [7, 11) is 0. The zero-order chi connectivity index (χ0) is 11.5. The van der Waals surface area contributed by atoms with E-state index >= 15 is 0 Å². The van der Waals surface area contributed by atoms with E-state index in [9.17, 15) is 0 Å². The van der Waals surface area contributed by atoms with Crippen molar-refractivity contribution in [1.82, 2.24) is 14.8 Å². The summed E-state index contributed by atoms with van der Waals surface area (Å²) < 4.78 is 7.48. The van der Waals surface area contributed by atoms with Gasteiger partial charge in [-0.1, -0.05) is 30.3 Å². The van der Waals surface area contributed by atoms with Crippen molar-refractivity contribution in [2.24, 2.45) is 0 Å². The minimum absolute atomic E-state index is 0.604. The molecule has 0 N–H and O–H groups in total. The second-order valence-corrected chi connectivity index (χ2v) is 3.73. The fourth-order valence-electron chi connectivity index (χ4n) is 1.69. The highest BCUT2D eigenvalue weighted by atomic mass is 16.3. The largest absolute Gasteiger partial charge is 0.459 e. The molecule has 0 fully saturated rings. The van der Waals surface area contributed by atoms with Gasteiger partial charge in [0.2, 0.25) is 0 Å². The predicted molar refractivity (Wildman–Crippen MR) is 63.3 cm³/mol. The maximum Gasteiger partial charge on any atom is 0.137 e. The highest BCUT2D eigenvalue weighted by Gasteiger charge is 2.04. The van der Waals surface area contributed by atoms with Gasteiger partial charge >= 0.3 is 0 Å². The highest BCUT2D eigenvalue weighted by Crippen LogP contribution is 2.21. The van der Waals surface area contributed by atoms with E-state index < -0.39 is 0 Å². The molecule has 0 radical (unpaired) electrons. The zero-order valence-electron chi connectivity index (χ0n) is 9.15. The SMILES string of the molecule is c1ccc(-c2ccc(Cn3cncn3)o2)cc1. The van der Waals surface area contributed by atoms with E-state index in [1.54, 1.807) is 11.0 Å². The lowest BCUT2D eigenvalue weighted by Crippen LogP contribution is -1.97. The first-order valence-corrected chi connectivity index (χ1v) is 5.38. The van der Waals surface area contributed by atoms with Crippen LogP contribution in [-0.2, 0) is 6.54 Å². The summed E-state index contributed by atoms with van der Waals surface area (Å²) in [4.78, 5) is 3.89. The van der Waals surface area contributed by atoms with Crippen molar-refractivity contribution in [3.8, 4) is 11.3 Å². The van der Waals surface area contributed by atoms with Crippen molar-refractivity contribution < 1.29 is 4.42 Å². The lowest BCUT2D eigenvalue weighted by molar-refractivity contribution is 0.490. The molecule has 0 unspecified atom stereocenters. The molecule has 1 aromatic carbocycles. The van der Waals surface area contributed by atoms with Crippen LogP contribution < -0.4 is 0 Å². The summed E-state index contributed by atoms with van der Waals surface area (Å²) in [5, 5.41) is 4.04. The summed E-state index contributed by atoms with van der Waals surface area (Å²) in [6.07, 6.45) is 3.19. The molecule has 0 saturated carbocycles. The molecule has 3 aromatic rings. The van der Waals surface area contributed by atoms with E-state index in [0.29, 0.717) is 6.54 Å². The average Bonchev–Trinajstić information content (AvgIpc) is 3.02. The first-order valence-electron chi connectivity index (χ1n) is 5.38. The molecule has 0 amide bonds. The third-order valence-corrected chi connectivity index (χ3v) is 2.50. The number of benzene rings is 1. The Morgan fingerprint density at radius 1 is 1.06 bits per heavy atom. The van der Waals surface area contributed by atoms with Gasteiger partial charge in [0.25, 0.3) is 0 Å². The van der Waals surface area contributed by atoms with Crippen molar-refractivity contribution in [3.63, 3.8) is 0 Å². The minimum Gasteiger partial charge on any atom is -0.459 e. The molecule has 0 bridgehead atoms. The first kappa shape index (κ1) is 9.84. The molecule has 4 nitrogen and oxygen atoms in total. The van der Waals surface area contributed by atoms with Gasteiger partial charge in [-0.25, -0.2) is 9.67 Å². The number of hydrogen-bond donors (Lipinski definition) is 0. The zero-order valence-corrected chi connectivity index (χ0v) is 9.15. The molecule has 3 rings (SSSR count). The van der Waals surface area contributed by atoms with E-state index in [2.05, 4.69) is 10.1 Å². The summed E-state index contributed by atoms with van der Waals surface area (Å²) in [6, 6.07) is 14.0. The number of hydrogen-bond acceptors (Lipinski definition) is 3. The van der Waals surface area contributed by atoms with Crippen LogP contribution in [0.5, 0.6) is 0 Å². The van der Waals surface area contributed by atoms with Crippen molar-refractivity contribution >= 4 is 0 Å². The van der Waals surface area contributed by atoms with Crippen LogP contribution in [0, 0.1) is 0 Å². The number of aromatic nitrogens is 3. The molecule has 0 aliphatic heterocycles. The normalized spacial score (nSPS) is 10.6. The van der Waals surface area contributed by atoms with Gasteiger partial charge in [0.1, 0.15) is 30.7 Å². The Hall–Kier alpha value is -2.36. The number of nitrogens with zero attached hydrogens (tertiary/aromatic N) is 3. The summed E-state index contributed by atoms with van der Waals surface area (Å²) in [5.41, 5.74) is 1.08. The second kappa shape index (κ2) is 4.25. The predicted octanol–water partition coefficient (Wildman–Crippen LogP) is 2.59. The Morgan fingerprint density at radius 3 is 2.71 bits per heavy atom. The maximum absolute atomic E-state index is 5.75. The quantitative estimate of drug-likeness (QED) is 0.688. The molecule has 0 aliphatic carbocycles. The standard InChI is InChI=1S/C13H11N3O/c1-2-4-11(5-3-1)13-7-6-12(17-13)8-16-10-14-9-15-16/h1-7,9-10H,8H2. The van der Waals surface area contributed by atoms with Crippen LogP contribution in [0.25, 0.3) is 11.3 Å². The van der Waals surface area contributed by atoms with E-state index in [4.69, 9.17) is 4.42 Å². The molecular formula is C13H11N3O. The Kier molecular flexibility index (Phi) is 2.46. The maximum atomic E-state index is 5.75. The molecule has 0 atom stereocenters. The van der Waals surface area contributed by atoms with Crippen LogP contribution in [0.1, 0.15) is 5.76 Å². The van der Waals surface area contributed by atoms with Gasteiger partial charge in [-0.3, -0.25) is 0 Å². The fraction of sp³-hybridized carbons (Fsp3) is 0.0769. The van der Waals surface area contributed by atoms with Crippen molar-refractivity contribution in [2.75, 3.05) is 0 Å². The summed E-state index contributed by atoms with van der Waals surface area (Å²) in [5.74, 6) is 1.75. The molecule has 0 aliphatic rings. The molecule has 2 aromatic heterocycles. The van der Waals surface area contributed by atoms with Crippen molar-refractivity contribution in [3.05, 3.63) is 60.9 Å². The van der Waals surface area contributed by atoms with Crippen LogP contribution in [0.3, 0.4) is 0 Å². The van der Waals surface area contributed by atoms with Crippen molar-refractivity contribution in [1.29, 1.82) is 0 Å². The Labute approximate surface area is 98.5 Å². The Morgan fingerprint density at radius 2 is 1.94 bits per heavy atom. The van der Waals surface area contributed by atoms with E-state index in [-0.39, 0.29) is 0 Å². The van der Waals surface area contributed by atoms with Crippen molar-refractivity contribution in [2.45, 2.75) is 6.54 Å². The molecule has 0 saturated heterocycles. The van der Waals surface area contributed by atoms with Gasteiger partial charge < -0.3 is 4.42 Å². The van der Waals surface area contributed by atoms with Gasteiger partial charge in [0.05, 0.1) is 0 Å². The summed E-state index contributed by atoms with van der Waals surface area (Å²) >= 11 is 0. The molecule has 0 spiro atoms. The van der Waals surface area contributed by atoms with Crippen LogP contribution in [0.15, 0.2) is 59.5 Å². The molecule has 4 heteroatoms. The number of rotatable bonds is 3. The van der Waals surface area contributed by atoms with Gasteiger partial charge in [-0.2, -0.15) is 5.10 Å². The lowest BCUT2D eigenvalue weighted by Gasteiger charge is -1.97. The van der Waals surface area contributed by atoms with Gasteiger partial charge in [-0.05, 0) is 12.1 Å². The van der Waals surface area contributed by atoms with Crippen LogP contribution in [-0.4, -0.2) is 14.8 Å². The van der Waals surface area contributed by atoms with E-state index in [1.165, 1.54) is 6.33 Å². The van der Waals surface area contributed by atoms with Gasteiger partial charge in [-0.15, -0.1) is 0 Å². The topological polar surface area (TPSA) is 43.9 Å². The highest BCUT2D eigenvalue weighted by molar-refractivity contribution is 5.57. The smallest absolute Gasteiger partial charge is 0.137 e. The average molecular weight is 225 g/mol. The molecule has 84 valence electrons. The van der Waals surface area contributed by atoms with Crippen LogP contribution in [0.4, 0.5) is 0 Å². The minimum atomic E-state index is 0.604. The Bertz CT molecular complexity index is 584. The third kappa shape index (κ3) is 2.10. The molecule has 17 heavy (non-hydrogen) atoms. The van der Waals surface area contributed by atoms with E-state index in [1.807, 2.05) is 42.5 Å². The van der Waals surface area contributed by atoms with Crippen LogP contribution >= 0.6 is 0 Å². The molecular weight excluding hydrogens is 214 g/mol. The monoisotopic (exact) mass is 225 g/mol. The fourth-order valence-corrected chi connectivity index (χ4v) is 1.69. The number of furan rings is 1. The van der Waals surface area contributed by atoms with Gasteiger partial charge in [0.15, 0.2) is 0 Å². The lowest BCUT2D eigenvalue weighted by atomic mass is 10.2. The molecule has 2 heterocycles. The first-order chi connectivity index (χ1) is 8.42. The van der Waals surface area contributed by atoms with Crippen LogP contribution in [0.2, 0.25) is 0 Å². The van der Waals surface area contributed by atoms with E-state index in [0.717, 1.165) is 17.1 Å². The second-order valence-electron chi connectivity index (χ2n) is 3.73.